The normalized spacial score (nSPS) is 15.6. The van der Waals surface area contributed by atoms with Crippen molar-refractivity contribution in [3.8, 4) is 11.3 Å². The van der Waals surface area contributed by atoms with Crippen molar-refractivity contribution in [2.24, 2.45) is 5.92 Å². The fourth-order valence-electron chi connectivity index (χ4n) is 5.25. The highest BCUT2D eigenvalue weighted by atomic mass is 19.4. The number of hydrogen-bond donors (Lipinski definition) is 2. The van der Waals surface area contributed by atoms with Gasteiger partial charge in [0, 0.05) is 60.7 Å². The number of aryl methyl sites for hydroxylation is 1. The van der Waals surface area contributed by atoms with Crippen LogP contribution in [0, 0.1) is 12.8 Å². The van der Waals surface area contributed by atoms with E-state index in [1.54, 1.807) is 42.9 Å². The molecule has 1 aliphatic rings. The van der Waals surface area contributed by atoms with E-state index in [4.69, 9.17) is 0 Å². The van der Waals surface area contributed by atoms with Gasteiger partial charge >= 0.3 is 6.18 Å². The number of likely N-dealkylation sites (tertiary alicyclic amines) is 1. The Kier molecular flexibility index (Phi) is 8.97. The molecule has 1 amide bonds. The zero-order chi connectivity index (χ0) is 30.6. The summed E-state index contributed by atoms with van der Waals surface area (Å²) < 4.78 is 42.3. The molecule has 2 N–H and O–H groups in total. The molecule has 1 atom stereocenters. The van der Waals surface area contributed by atoms with Gasteiger partial charge in [0.15, 0.2) is 0 Å². The maximum Gasteiger partial charge on any atom is 0.416 e. The minimum atomic E-state index is -4.59. The first-order valence-corrected chi connectivity index (χ1v) is 13.9. The first-order chi connectivity index (χ1) is 20.5. The summed E-state index contributed by atoms with van der Waals surface area (Å²) in [7, 11) is 4.00. The van der Waals surface area contributed by atoms with Gasteiger partial charge in [-0.3, -0.25) is 9.69 Å². The van der Waals surface area contributed by atoms with E-state index in [0.29, 0.717) is 28.9 Å². The molecular weight excluding hydrogens is 557 g/mol. The number of nitrogens with one attached hydrogen (secondary N) is 2. The van der Waals surface area contributed by atoms with E-state index < -0.39 is 17.6 Å². The van der Waals surface area contributed by atoms with Gasteiger partial charge in [0.05, 0.1) is 11.3 Å². The Hall–Kier alpha value is -4.42. The van der Waals surface area contributed by atoms with Crippen LogP contribution < -0.4 is 10.6 Å². The van der Waals surface area contributed by atoms with Crippen LogP contribution in [0.3, 0.4) is 0 Å². The first kappa shape index (κ1) is 30.1. The number of hydrogen-bond acceptors (Lipinski definition) is 8. The summed E-state index contributed by atoms with van der Waals surface area (Å²) >= 11 is 0. The summed E-state index contributed by atoms with van der Waals surface area (Å²) in [6, 6.07) is 10.7. The fraction of sp³-hybridized carbons (Fsp3) is 0.323. The smallest absolute Gasteiger partial charge is 0.324 e. The van der Waals surface area contributed by atoms with Gasteiger partial charge in [0.2, 0.25) is 5.95 Å². The molecular formula is C31H33F3N8O. The zero-order valence-electron chi connectivity index (χ0n) is 24.2. The van der Waals surface area contributed by atoms with Crippen molar-refractivity contribution in [2.45, 2.75) is 26.1 Å². The van der Waals surface area contributed by atoms with Crippen LogP contribution >= 0.6 is 0 Å². The SMILES string of the molecule is Cc1ccc(NC(=O)c2ccc(CN3CC[C@@H](CN(C)C)C3)c(C(F)(F)F)c2)cc1Nc1nccc(-c2cncnc2)n1. The largest absolute Gasteiger partial charge is 0.416 e. The van der Waals surface area contributed by atoms with Crippen LogP contribution in [0.1, 0.15) is 33.5 Å². The lowest BCUT2D eigenvalue weighted by Gasteiger charge is -2.21. The minimum Gasteiger partial charge on any atom is -0.324 e. The molecule has 1 aliphatic heterocycles. The summed E-state index contributed by atoms with van der Waals surface area (Å²) in [4.78, 5) is 34.1. The van der Waals surface area contributed by atoms with E-state index in [2.05, 4.69) is 35.5 Å². The van der Waals surface area contributed by atoms with Crippen LogP contribution in [-0.2, 0) is 12.7 Å². The third-order valence-electron chi connectivity index (χ3n) is 7.32. The van der Waals surface area contributed by atoms with Crippen LogP contribution in [0.4, 0.5) is 30.5 Å². The summed E-state index contributed by atoms with van der Waals surface area (Å²) in [5, 5.41) is 5.87. The quantitative estimate of drug-likeness (QED) is 0.259. The summed E-state index contributed by atoms with van der Waals surface area (Å²) in [5.74, 6) is 0.114. The van der Waals surface area contributed by atoms with Gasteiger partial charge in [-0.15, -0.1) is 0 Å². The number of anilines is 3. The van der Waals surface area contributed by atoms with E-state index in [-0.39, 0.29) is 17.7 Å². The molecule has 43 heavy (non-hydrogen) atoms. The lowest BCUT2D eigenvalue weighted by Crippen LogP contribution is -2.26. The van der Waals surface area contributed by atoms with Gasteiger partial charge in [-0.05, 0) is 81.4 Å². The van der Waals surface area contributed by atoms with Gasteiger partial charge < -0.3 is 15.5 Å². The number of aromatic nitrogens is 4. The van der Waals surface area contributed by atoms with Crippen molar-refractivity contribution < 1.29 is 18.0 Å². The van der Waals surface area contributed by atoms with Gasteiger partial charge in [0.1, 0.15) is 6.33 Å². The van der Waals surface area contributed by atoms with Crippen LogP contribution in [0.15, 0.2) is 67.4 Å². The van der Waals surface area contributed by atoms with Crippen molar-refractivity contribution in [3.05, 3.63) is 89.6 Å². The van der Waals surface area contributed by atoms with Crippen molar-refractivity contribution in [2.75, 3.05) is 44.4 Å². The van der Waals surface area contributed by atoms with Crippen LogP contribution in [0.25, 0.3) is 11.3 Å². The predicted octanol–water partition coefficient (Wildman–Crippen LogP) is 5.64. The Balaban J connectivity index is 1.30. The maximum atomic E-state index is 14.1. The van der Waals surface area contributed by atoms with Crippen molar-refractivity contribution in [3.63, 3.8) is 0 Å². The summed E-state index contributed by atoms with van der Waals surface area (Å²) in [5.41, 5.74) is 2.55. The molecule has 0 unspecified atom stereocenters. The molecule has 0 radical (unpaired) electrons. The van der Waals surface area contributed by atoms with E-state index in [1.807, 2.05) is 25.9 Å². The third-order valence-corrected chi connectivity index (χ3v) is 7.32. The molecule has 1 saturated heterocycles. The Morgan fingerprint density at radius 3 is 2.63 bits per heavy atom. The number of benzene rings is 2. The Bertz CT molecular complexity index is 1580. The number of carbonyl (C=O) groups is 1. The lowest BCUT2D eigenvalue weighted by atomic mass is 10.0. The molecule has 0 spiro atoms. The van der Waals surface area contributed by atoms with E-state index >= 15 is 0 Å². The number of amides is 1. The predicted molar refractivity (Wildman–Crippen MR) is 159 cm³/mol. The number of alkyl halides is 3. The highest BCUT2D eigenvalue weighted by Gasteiger charge is 2.35. The monoisotopic (exact) mass is 590 g/mol. The molecule has 1 fully saturated rings. The van der Waals surface area contributed by atoms with Gasteiger partial charge in [-0.2, -0.15) is 13.2 Å². The van der Waals surface area contributed by atoms with Crippen LogP contribution in [0.5, 0.6) is 0 Å². The molecule has 2 aromatic heterocycles. The van der Waals surface area contributed by atoms with Gasteiger partial charge in [-0.1, -0.05) is 12.1 Å². The number of halogens is 3. The Morgan fingerprint density at radius 1 is 1.09 bits per heavy atom. The summed E-state index contributed by atoms with van der Waals surface area (Å²) in [6.45, 7) is 4.46. The second-order valence-electron chi connectivity index (χ2n) is 11.0. The first-order valence-electron chi connectivity index (χ1n) is 13.9. The average Bonchev–Trinajstić information content (AvgIpc) is 3.41. The molecule has 9 nitrogen and oxygen atoms in total. The Labute approximate surface area is 248 Å². The number of rotatable bonds is 9. The lowest BCUT2D eigenvalue weighted by molar-refractivity contribution is -0.138. The average molecular weight is 591 g/mol. The number of carbonyl (C=O) groups excluding carboxylic acids is 1. The third kappa shape index (κ3) is 7.70. The van der Waals surface area contributed by atoms with Crippen molar-refractivity contribution in [1.29, 1.82) is 0 Å². The van der Waals surface area contributed by atoms with E-state index in [9.17, 15) is 18.0 Å². The minimum absolute atomic E-state index is 0.0702. The second kappa shape index (κ2) is 12.8. The van der Waals surface area contributed by atoms with Crippen molar-refractivity contribution >= 4 is 23.2 Å². The summed E-state index contributed by atoms with van der Waals surface area (Å²) in [6.07, 6.45) is 2.69. The molecule has 2 aromatic carbocycles. The molecule has 3 heterocycles. The molecule has 0 saturated carbocycles. The molecule has 224 valence electrons. The van der Waals surface area contributed by atoms with Gasteiger partial charge in [0.25, 0.3) is 5.91 Å². The van der Waals surface area contributed by atoms with Crippen LogP contribution in [0.2, 0.25) is 0 Å². The topological polar surface area (TPSA) is 99.2 Å². The van der Waals surface area contributed by atoms with E-state index in [1.165, 1.54) is 18.5 Å². The van der Waals surface area contributed by atoms with Gasteiger partial charge in [-0.25, -0.2) is 19.9 Å². The fourth-order valence-corrected chi connectivity index (χ4v) is 5.25. The number of nitrogens with zero attached hydrogens (tertiary/aromatic N) is 6. The molecule has 0 bridgehead atoms. The van der Waals surface area contributed by atoms with E-state index in [0.717, 1.165) is 43.2 Å². The molecule has 0 aliphatic carbocycles. The second-order valence-corrected chi connectivity index (χ2v) is 11.0. The molecule has 5 rings (SSSR count). The Morgan fingerprint density at radius 2 is 1.88 bits per heavy atom. The standard InChI is InChI=1S/C31H33F3N8O/c1-20-4-7-25(13-28(20)40-30-37-10-8-27(39-30)24-14-35-19-36-15-24)38-29(43)22-5-6-23(26(12-22)31(32,33)34)18-42-11-9-21(17-42)16-41(2)3/h4-8,10,12-15,19,21H,9,11,16-18H2,1-3H3,(H,38,43)(H,37,39,40)/t21-/m0/s1. The highest BCUT2D eigenvalue weighted by molar-refractivity contribution is 6.04. The van der Waals surface area contributed by atoms with Crippen LogP contribution in [-0.4, -0.2) is 69.4 Å². The molecule has 4 aromatic rings. The van der Waals surface area contributed by atoms with Crippen molar-refractivity contribution in [1.82, 2.24) is 29.7 Å². The molecule has 12 heteroatoms. The maximum absolute atomic E-state index is 14.1. The highest BCUT2D eigenvalue weighted by Crippen LogP contribution is 2.34. The zero-order valence-corrected chi connectivity index (χ0v) is 24.2.